The molecule has 23 nitrogen and oxygen atoms in total. The Balaban J connectivity index is 0.000000105. The molecule has 572 valence electrons. The van der Waals surface area contributed by atoms with Gasteiger partial charge in [-0.2, -0.15) is 20.4 Å². The molecule has 0 spiro atoms. The maximum Gasteiger partial charge on any atom is 0.164 e. The quantitative estimate of drug-likeness (QED) is 0.0479. The zero-order chi connectivity index (χ0) is 79.7. The number of hydrogen-bond donors (Lipinski definition) is 10. The molecule has 0 saturated carbocycles. The number of nitrogens with two attached hydrogens (primary N) is 2. The molecule has 8 aromatic heterocycles. The van der Waals surface area contributed by atoms with Crippen molar-refractivity contribution in [2.24, 2.45) is 5.73 Å². The fraction of sp³-hybridized carbons (Fsp3) is 0.0330. The molecule has 1 aliphatic heterocycles. The van der Waals surface area contributed by atoms with Crippen molar-refractivity contribution in [1.82, 2.24) is 80.7 Å². The summed E-state index contributed by atoms with van der Waals surface area (Å²) in [5.74, 6) is 5.28. The Morgan fingerprint density at radius 2 is 0.763 bits per heavy atom. The van der Waals surface area contributed by atoms with Crippen molar-refractivity contribution >= 4 is 162 Å². The molecule has 1 aliphatic rings. The van der Waals surface area contributed by atoms with E-state index in [4.69, 9.17) is 47.7 Å². The second-order valence-electron chi connectivity index (χ2n) is 27.6. The van der Waals surface area contributed by atoms with E-state index in [-0.39, 0.29) is 17.2 Å². The highest BCUT2D eigenvalue weighted by atomic mass is 35.5. The maximum atomic E-state index is 14.0. The number of fused-ring (bicyclic) bond motifs is 10. The number of anilines is 9. The number of hydrogen-bond acceptors (Lipinski definition) is 19. The number of para-hydroxylation sites is 7. The fourth-order valence-corrected chi connectivity index (χ4v) is 14.7. The molecule has 118 heavy (non-hydrogen) atoms. The van der Waals surface area contributed by atoms with E-state index in [0.717, 1.165) is 128 Å². The van der Waals surface area contributed by atoms with E-state index in [0.29, 0.717) is 93.3 Å². The van der Waals surface area contributed by atoms with Crippen LogP contribution in [0.3, 0.4) is 0 Å². The molecular formula is C91H64ClF3N22O. The Morgan fingerprint density at radius 3 is 1.32 bits per heavy atom. The molecule has 9 heterocycles. The zero-order valence-electron chi connectivity index (χ0n) is 62.1. The molecular weight excluding hydrogens is 1510 g/mol. The van der Waals surface area contributed by atoms with Crippen LogP contribution in [0.2, 0.25) is 5.02 Å². The molecule has 0 amide bonds. The molecule has 21 aromatic rings. The number of aromatic nitrogens is 16. The summed E-state index contributed by atoms with van der Waals surface area (Å²) in [6.07, 6.45) is 0. The third kappa shape index (κ3) is 14.4. The van der Waals surface area contributed by atoms with Crippen LogP contribution in [-0.2, 0) is 24.5 Å². The first-order valence-electron chi connectivity index (χ1n) is 37.4. The SMILES string of the molecule is Clc1cc(-c2nc(Nc3n[nH]c4ccccc34)c3ccccc3n2)c2ccccc2c1.NCc1ccccc1-c1nc(Nc2n[nH]c3c(F)cc(F)cc23)c2ccccc2n1.Nc1ccccc1-c1nc(Nc2n[nH]c3ccc(F)cc23)c2ccccc2n1.c1cc2c(c(-c3nc(Nc4n[nH]c5ccccc45)c4ccccc4n3)c1)COC2. The van der Waals surface area contributed by atoms with E-state index in [1.807, 2.05) is 231 Å². The lowest BCUT2D eigenvalue weighted by Gasteiger charge is -2.12. The number of rotatable bonds is 13. The monoisotopic (exact) mass is 1570 g/mol. The molecule has 0 unspecified atom stereocenters. The van der Waals surface area contributed by atoms with Gasteiger partial charge in [0.05, 0.1) is 57.2 Å². The lowest BCUT2D eigenvalue weighted by molar-refractivity contribution is 0.134. The van der Waals surface area contributed by atoms with Crippen LogP contribution in [0.1, 0.15) is 16.7 Å². The summed E-state index contributed by atoms with van der Waals surface area (Å²) in [4.78, 5) is 38.2. The van der Waals surface area contributed by atoms with Crippen molar-refractivity contribution in [2.75, 3.05) is 27.0 Å². The first kappa shape index (κ1) is 72.6. The van der Waals surface area contributed by atoms with E-state index in [1.165, 1.54) is 29.3 Å². The third-order valence-corrected chi connectivity index (χ3v) is 20.4. The number of H-pyrrole nitrogens is 4. The minimum atomic E-state index is -0.712. The van der Waals surface area contributed by atoms with Gasteiger partial charge in [-0.25, -0.2) is 53.0 Å². The van der Waals surface area contributed by atoms with Gasteiger partial charge in [0.25, 0.3) is 0 Å². The number of benzene rings is 13. The summed E-state index contributed by atoms with van der Waals surface area (Å²) in [5, 5.41) is 51.2. The van der Waals surface area contributed by atoms with Gasteiger partial charge in [0, 0.05) is 83.3 Å². The van der Waals surface area contributed by atoms with Crippen LogP contribution in [0.25, 0.3) is 144 Å². The second-order valence-corrected chi connectivity index (χ2v) is 28.0. The number of nitrogens with zero attached hydrogens (tertiary/aromatic N) is 12. The van der Waals surface area contributed by atoms with Gasteiger partial charge in [0.1, 0.15) is 40.4 Å². The second kappa shape index (κ2) is 31.4. The maximum absolute atomic E-state index is 14.0. The van der Waals surface area contributed by atoms with E-state index in [2.05, 4.69) is 100 Å². The van der Waals surface area contributed by atoms with E-state index in [9.17, 15) is 13.2 Å². The molecule has 0 fully saturated rings. The minimum absolute atomic E-state index is 0.117. The molecule has 0 bridgehead atoms. The van der Waals surface area contributed by atoms with Gasteiger partial charge in [-0.1, -0.05) is 163 Å². The molecule has 0 saturated heterocycles. The lowest BCUT2D eigenvalue weighted by Crippen LogP contribution is -2.03. The van der Waals surface area contributed by atoms with Gasteiger partial charge in [0.15, 0.2) is 52.4 Å². The number of halogens is 4. The van der Waals surface area contributed by atoms with Gasteiger partial charge >= 0.3 is 0 Å². The number of aromatic amines is 4. The smallest absolute Gasteiger partial charge is 0.164 e. The average Bonchev–Trinajstić information content (AvgIpc) is 1.16. The molecule has 0 atom stereocenters. The van der Waals surface area contributed by atoms with Gasteiger partial charge in [-0.05, 0) is 149 Å². The predicted octanol–water partition coefficient (Wildman–Crippen LogP) is 21.0. The predicted molar refractivity (Wildman–Crippen MR) is 461 cm³/mol. The van der Waals surface area contributed by atoms with Crippen LogP contribution >= 0.6 is 11.6 Å². The summed E-state index contributed by atoms with van der Waals surface area (Å²) in [6.45, 7) is 1.58. The van der Waals surface area contributed by atoms with Crippen LogP contribution in [0, 0.1) is 17.5 Å². The number of nitrogen functional groups attached to an aromatic ring is 1. The van der Waals surface area contributed by atoms with Crippen molar-refractivity contribution in [2.45, 2.75) is 19.8 Å². The van der Waals surface area contributed by atoms with E-state index in [1.54, 1.807) is 6.07 Å². The van der Waals surface area contributed by atoms with Crippen LogP contribution in [0.15, 0.2) is 279 Å². The Hall–Kier alpha value is -15.6. The Morgan fingerprint density at radius 1 is 0.339 bits per heavy atom. The Labute approximate surface area is 672 Å². The summed E-state index contributed by atoms with van der Waals surface area (Å²) < 4.78 is 47.2. The Bertz CT molecular complexity index is 7440. The standard InChI is InChI=1S/C25H16ClN5.C23H17N5O.C22H16F2N6.C21H15FN6/c26-16-13-15-7-1-2-8-17(15)20(14-16)24-27-21-11-5-3-9-18(21)23(28-24)29-25-19-10-4-6-12-22(19)30-31-25;1-3-10-19-16(7-1)22(26-23-17-8-2-4-11-20(17)27-28-23)25-21(24-19)15-9-5-6-14-12-29-13-18(14)15;23-13-9-16-19(17(24)10-13)29-30-22(16)28-21-15-7-3-4-8-18(15)26-20(27-21)14-6-2-1-5-12(14)11-25;22-12-9-10-18-15(11-12)21(28-27-18)26-20-14-6-2-4-8-17(14)24-19(25-20)13-5-1-3-7-16(13)23/h1-14H,(H2,27,28,29,30,31);1-11H,12-13H2,(H2,24,25,26,27,28);1-10H,11,25H2,(H2,26,27,28,29,30);1-11H,23H2,(H2,24,25,26,27,28). The molecule has 12 N–H and O–H groups in total. The first-order chi connectivity index (χ1) is 57.9. The van der Waals surface area contributed by atoms with E-state index < -0.39 is 11.6 Å². The summed E-state index contributed by atoms with van der Waals surface area (Å²) in [7, 11) is 0. The van der Waals surface area contributed by atoms with Crippen LogP contribution in [-0.4, -0.2) is 80.7 Å². The Kier molecular flexibility index (Phi) is 19.3. The van der Waals surface area contributed by atoms with E-state index >= 15 is 0 Å². The third-order valence-electron chi connectivity index (χ3n) is 20.2. The minimum Gasteiger partial charge on any atom is -0.398 e. The summed E-state index contributed by atoms with van der Waals surface area (Å²) in [6, 6.07) is 86.9. The van der Waals surface area contributed by atoms with Crippen LogP contribution < -0.4 is 32.7 Å². The van der Waals surface area contributed by atoms with Crippen molar-refractivity contribution in [3.05, 3.63) is 318 Å². The summed E-state index contributed by atoms with van der Waals surface area (Å²) >= 11 is 6.43. The van der Waals surface area contributed by atoms with Gasteiger partial charge < -0.3 is 37.5 Å². The first-order valence-corrected chi connectivity index (χ1v) is 37.8. The van der Waals surface area contributed by atoms with Gasteiger partial charge in [0.2, 0.25) is 0 Å². The highest BCUT2D eigenvalue weighted by Gasteiger charge is 2.23. The van der Waals surface area contributed by atoms with Crippen molar-refractivity contribution in [3.63, 3.8) is 0 Å². The lowest BCUT2D eigenvalue weighted by atomic mass is 10.0. The molecule has 0 radical (unpaired) electrons. The van der Waals surface area contributed by atoms with Crippen molar-refractivity contribution in [1.29, 1.82) is 0 Å². The van der Waals surface area contributed by atoms with Gasteiger partial charge in [-0.15, -0.1) is 0 Å². The molecule has 13 aromatic carbocycles. The molecule has 22 rings (SSSR count). The fourth-order valence-electron chi connectivity index (χ4n) is 14.4. The van der Waals surface area contributed by atoms with Gasteiger partial charge in [-0.3, -0.25) is 20.4 Å². The normalized spacial score (nSPS) is 11.7. The number of ether oxygens (including phenoxy) is 1. The van der Waals surface area contributed by atoms with Crippen LogP contribution in [0.4, 0.5) is 65.4 Å². The largest absolute Gasteiger partial charge is 0.398 e. The zero-order valence-corrected chi connectivity index (χ0v) is 62.9. The summed E-state index contributed by atoms with van der Waals surface area (Å²) in [5.41, 5.74) is 25.3. The van der Waals surface area contributed by atoms with Crippen molar-refractivity contribution < 1.29 is 17.9 Å². The molecule has 27 heteroatoms. The number of nitrogens with one attached hydrogen (secondary N) is 8. The highest BCUT2D eigenvalue weighted by Crippen LogP contribution is 2.39. The topological polar surface area (TPSA) is 327 Å². The molecule has 0 aliphatic carbocycles. The van der Waals surface area contributed by atoms with Crippen LogP contribution in [0.5, 0.6) is 0 Å². The van der Waals surface area contributed by atoms with Crippen molar-refractivity contribution in [3.8, 4) is 45.6 Å². The average molecular weight is 1570 g/mol. The highest BCUT2D eigenvalue weighted by molar-refractivity contribution is 6.32.